The highest BCUT2D eigenvalue weighted by Crippen LogP contribution is 2.24. The molecule has 2 N–H and O–H groups in total. The summed E-state index contributed by atoms with van der Waals surface area (Å²) in [5.74, 6) is 0.0168. The number of carbonyl (C=O) groups is 2. The number of nitrogens with zero attached hydrogens (tertiary/aromatic N) is 2. The van der Waals surface area contributed by atoms with E-state index in [1.807, 2.05) is 0 Å². The van der Waals surface area contributed by atoms with Crippen LogP contribution in [0.15, 0.2) is 48.8 Å². The first-order valence-electron chi connectivity index (χ1n) is 8.49. The largest absolute Gasteiger partial charge is 0.405 e. The van der Waals surface area contributed by atoms with Crippen molar-refractivity contribution in [2.24, 2.45) is 0 Å². The van der Waals surface area contributed by atoms with Crippen molar-refractivity contribution in [3.8, 4) is 11.3 Å². The van der Waals surface area contributed by atoms with E-state index in [-0.39, 0.29) is 5.78 Å². The lowest BCUT2D eigenvalue weighted by Crippen LogP contribution is -2.36. The van der Waals surface area contributed by atoms with Crippen LogP contribution in [0.3, 0.4) is 0 Å². The maximum absolute atomic E-state index is 12.2. The van der Waals surface area contributed by atoms with Crippen molar-refractivity contribution in [2.45, 2.75) is 19.5 Å². The number of urea groups is 1. The van der Waals surface area contributed by atoms with Crippen LogP contribution in [0.1, 0.15) is 23.7 Å². The standard InChI is InChI=1S/C19H17F3N4O2/c1-2-16(27)13-6-7-26-15(10-23-17(26)9-13)12-4-3-5-14(8-12)25-18(28)24-11-19(20,21)22/h3-10H,2,11H2,1H3,(H2,24,25,28). The van der Waals surface area contributed by atoms with Gasteiger partial charge in [0, 0.05) is 29.4 Å². The first kappa shape index (κ1) is 19.4. The van der Waals surface area contributed by atoms with Crippen molar-refractivity contribution in [3.05, 3.63) is 54.4 Å². The fourth-order valence-corrected chi connectivity index (χ4v) is 2.68. The maximum atomic E-state index is 12.2. The van der Waals surface area contributed by atoms with Gasteiger partial charge in [-0.15, -0.1) is 0 Å². The number of anilines is 1. The number of halogens is 3. The van der Waals surface area contributed by atoms with Crippen molar-refractivity contribution in [3.63, 3.8) is 0 Å². The number of hydrogen-bond acceptors (Lipinski definition) is 3. The predicted molar refractivity (Wildman–Crippen MR) is 98.3 cm³/mol. The number of carbonyl (C=O) groups excluding carboxylic acids is 2. The Hall–Kier alpha value is -3.36. The van der Waals surface area contributed by atoms with Crippen LogP contribution >= 0.6 is 0 Å². The number of alkyl halides is 3. The molecule has 28 heavy (non-hydrogen) atoms. The molecule has 0 aliphatic heterocycles. The first-order chi connectivity index (χ1) is 13.3. The van der Waals surface area contributed by atoms with Gasteiger partial charge in [-0.1, -0.05) is 19.1 Å². The third-order valence-electron chi connectivity index (χ3n) is 4.02. The molecule has 0 radical (unpaired) electrons. The van der Waals surface area contributed by atoms with Gasteiger partial charge < -0.3 is 10.6 Å². The van der Waals surface area contributed by atoms with Crippen molar-refractivity contribution < 1.29 is 22.8 Å². The second-order valence-electron chi connectivity index (χ2n) is 6.07. The van der Waals surface area contributed by atoms with Gasteiger partial charge in [-0.3, -0.25) is 9.20 Å². The van der Waals surface area contributed by atoms with Crippen molar-refractivity contribution in [1.82, 2.24) is 14.7 Å². The molecule has 9 heteroatoms. The molecule has 0 unspecified atom stereocenters. The Morgan fingerprint density at radius 1 is 1.18 bits per heavy atom. The summed E-state index contributed by atoms with van der Waals surface area (Å²) < 4.78 is 38.3. The summed E-state index contributed by atoms with van der Waals surface area (Å²) in [6, 6.07) is 9.10. The van der Waals surface area contributed by atoms with Gasteiger partial charge in [0.1, 0.15) is 12.2 Å². The number of fused-ring (bicyclic) bond motifs is 1. The molecular weight excluding hydrogens is 373 g/mol. The lowest BCUT2D eigenvalue weighted by atomic mass is 10.1. The normalized spacial score (nSPS) is 11.4. The summed E-state index contributed by atoms with van der Waals surface area (Å²) in [7, 11) is 0. The highest BCUT2D eigenvalue weighted by molar-refractivity contribution is 5.96. The highest BCUT2D eigenvalue weighted by atomic mass is 19.4. The van der Waals surface area contributed by atoms with Crippen LogP contribution in [0.25, 0.3) is 16.9 Å². The number of hydrogen-bond donors (Lipinski definition) is 2. The Labute approximate surface area is 158 Å². The second kappa shape index (κ2) is 7.71. The van der Waals surface area contributed by atoms with Crippen LogP contribution in [0.5, 0.6) is 0 Å². The summed E-state index contributed by atoms with van der Waals surface area (Å²) in [4.78, 5) is 27.8. The monoisotopic (exact) mass is 390 g/mol. The van der Waals surface area contributed by atoms with E-state index in [9.17, 15) is 22.8 Å². The molecule has 0 atom stereocenters. The van der Waals surface area contributed by atoms with E-state index < -0.39 is 18.8 Å². The van der Waals surface area contributed by atoms with Crippen LogP contribution in [0, 0.1) is 0 Å². The third kappa shape index (κ3) is 4.48. The van der Waals surface area contributed by atoms with Crippen molar-refractivity contribution in [2.75, 3.05) is 11.9 Å². The Morgan fingerprint density at radius 3 is 2.68 bits per heavy atom. The summed E-state index contributed by atoms with van der Waals surface area (Å²) >= 11 is 0. The van der Waals surface area contributed by atoms with E-state index in [0.29, 0.717) is 34.6 Å². The summed E-state index contributed by atoms with van der Waals surface area (Å²) in [5.41, 5.74) is 2.92. The van der Waals surface area contributed by atoms with Gasteiger partial charge in [0.15, 0.2) is 5.78 Å². The molecule has 2 heterocycles. The second-order valence-corrected chi connectivity index (χ2v) is 6.07. The number of pyridine rings is 1. The fourth-order valence-electron chi connectivity index (χ4n) is 2.68. The molecule has 6 nitrogen and oxygen atoms in total. The number of imidazole rings is 1. The molecule has 0 spiro atoms. The van der Waals surface area contributed by atoms with Gasteiger partial charge in [-0.2, -0.15) is 13.2 Å². The fraction of sp³-hybridized carbons (Fsp3) is 0.211. The zero-order chi connectivity index (χ0) is 20.3. The summed E-state index contributed by atoms with van der Waals surface area (Å²) in [5, 5.41) is 4.12. The van der Waals surface area contributed by atoms with Gasteiger partial charge in [0.2, 0.25) is 0 Å². The summed E-state index contributed by atoms with van der Waals surface area (Å²) in [6.45, 7) is 0.373. The molecule has 0 aliphatic carbocycles. The van der Waals surface area contributed by atoms with Gasteiger partial charge in [0.25, 0.3) is 0 Å². The molecular formula is C19H17F3N4O2. The highest BCUT2D eigenvalue weighted by Gasteiger charge is 2.27. The minimum Gasteiger partial charge on any atom is -0.329 e. The maximum Gasteiger partial charge on any atom is 0.405 e. The van der Waals surface area contributed by atoms with Crippen LogP contribution in [0.4, 0.5) is 23.7 Å². The average Bonchev–Trinajstić information content (AvgIpc) is 3.08. The molecule has 2 amide bonds. The molecule has 3 rings (SSSR count). The number of aromatic nitrogens is 2. The molecule has 0 aliphatic rings. The van der Waals surface area contributed by atoms with Crippen LogP contribution in [-0.4, -0.2) is 33.9 Å². The van der Waals surface area contributed by atoms with Gasteiger partial charge >= 0.3 is 12.2 Å². The average molecular weight is 390 g/mol. The van der Waals surface area contributed by atoms with Crippen LogP contribution in [0.2, 0.25) is 0 Å². The van der Waals surface area contributed by atoms with E-state index >= 15 is 0 Å². The topological polar surface area (TPSA) is 75.5 Å². The molecule has 0 saturated carbocycles. The number of Topliss-reactive ketones (excluding diaryl/α,β-unsaturated/α-hetero) is 1. The Balaban J connectivity index is 1.82. The number of ketones is 1. The van der Waals surface area contributed by atoms with E-state index in [1.54, 1.807) is 65.4 Å². The summed E-state index contributed by atoms with van der Waals surface area (Å²) in [6.07, 6.45) is -0.726. The molecule has 2 aromatic heterocycles. The zero-order valence-corrected chi connectivity index (χ0v) is 14.9. The molecule has 0 fully saturated rings. The molecule has 1 aromatic carbocycles. The van der Waals surface area contributed by atoms with Crippen molar-refractivity contribution in [1.29, 1.82) is 0 Å². The minimum absolute atomic E-state index is 0.0168. The number of amides is 2. The number of rotatable bonds is 5. The van der Waals surface area contributed by atoms with Gasteiger partial charge in [-0.25, -0.2) is 9.78 Å². The van der Waals surface area contributed by atoms with Crippen LogP contribution < -0.4 is 10.6 Å². The smallest absolute Gasteiger partial charge is 0.329 e. The Bertz CT molecular complexity index is 1030. The lowest BCUT2D eigenvalue weighted by Gasteiger charge is -2.11. The van der Waals surface area contributed by atoms with E-state index in [2.05, 4.69) is 10.3 Å². The lowest BCUT2D eigenvalue weighted by molar-refractivity contribution is -0.122. The van der Waals surface area contributed by atoms with Crippen molar-refractivity contribution >= 4 is 23.1 Å². The third-order valence-corrected chi connectivity index (χ3v) is 4.02. The van der Waals surface area contributed by atoms with Gasteiger partial charge in [-0.05, 0) is 24.3 Å². The molecule has 0 saturated heterocycles. The molecule has 0 bridgehead atoms. The number of benzene rings is 1. The Kier molecular flexibility index (Phi) is 5.34. The van der Waals surface area contributed by atoms with Crippen LogP contribution in [-0.2, 0) is 0 Å². The predicted octanol–water partition coefficient (Wildman–Crippen LogP) is 4.28. The zero-order valence-electron chi connectivity index (χ0n) is 14.9. The molecule has 3 aromatic rings. The number of nitrogens with one attached hydrogen (secondary N) is 2. The SMILES string of the molecule is CCC(=O)c1ccn2c(-c3cccc(NC(=O)NCC(F)(F)F)c3)cnc2c1. The minimum atomic E-state index is -4.48. The molecule has 146 valence electrons. The van der Waals surface area contributed by atoms with E-state index in [1.165, 1.54) is 0 Å². The van der Waals surface area contributed by atoms with E-state index in [4.69, 9.17) is 0 Å². The Morgan fingerprint density at radius 2 is 1.96 bits per heavy atom. The van der Waals surface area contributed by atoms with Gasteiger partial charge in [0.05, 0.1) is 11.9 Å². The first-order valence-corrected chi connectivity index (χ1v) is 8.49. The van der Waals surface area contributed by atoms with E-state index in [0.717, 1.165) is 0 Å². The quantitative estimate of drug-likeness (QED) is 0.639.